The topological polar surface area (TPSA) is 60.0 Å². The van der Waals surface area contributed by atoms with E-state index in [0.717, 1.165) is 18.2 Å². The Morgan fingerprint density at radius 2 is 2.16 bits per heavy atom. The molecule has 3 aliphatic rings. The van der Waals surface area contributed by atoms with Crippen molar-refractivity contribution in [2.75, 3.05) is 40.0 Å². The van der Waals surface area contributed by atoms with Crippen molar-refractivity contribution in [1.82, 2.24) is 10.2 Å². The molecule has 0 aromatic carbocycles. The number of carbonyl (C=O) groups is 1. The molecule has 2 heterocycles. The van der Waals surface area contributed by atoms with Gasteiger partial charge in [-0.3, -0.25) is 0 Å². The molecule has 25 heavy (non-hydrogen) atoms. The second-order valence-corrected chi connectivity index (χ2v) is 7.24. The van der Waals surface area contributed by atoms with Crippen molar-refractivity contribution in [3.05, 3.63) is 23.4 Å². The maximum Gasteiger partial charge on any atom is 0.328 e. The van der Waals surface area contributed by atoms with Crippen molar-refractivity contribution in [3.8, 4) is 0 Å². The number of nitrogens with zero attached hydrogens (tertiary/aromatic N) is 1. The van der Waals surface area contributed by atoms with E-state index < -0.39 is 11.8 Å². The molecule has 0 aromatic heterocycles. The highest BCUT2D eigenvalue weighted by Gasteiger charge is 2.51. The van der Waals surface area contributed by atoms with Crippen molar-refractivity contribution >= 4 is 5.97 Å². The van der Waals surface area contributed by atoms with Crippen LogP contribution in [-0.4, -0.2) is 62.7 Å². The fourth-order valence-corrected chi connectivity index (χ4v) is 4.11. The number of carbonyl (C=O) groups excluding carboxylic acids is 1. The van der Waals surface area contributed by atoms with Crippen molar-refractivity contribution in [3.63, 3.8) is 0 Å². The minimum Gasteiger partial charge on any atom is -0.467 e. The zero-order valence-corrected chi connectivity index (χ0v) is 15.6. The Balaban J connectivity index is 1.56. The number of hydrogen-bond acceptors (Lipinski definition) is 6. The number of likely N-dealkylation sites (tertiary alicyclic amines) is 1. The molecule has 3 rings (SSSR count). The second kappa shape index (κ2) is 7.48. The molecular formula is C19H30N2O4. The molecule has 0 amide bonds. The van der Waals surface area contributed by atoms with E-state index in [2.05, 4.69) is 25.7 Å². The van der Waals surface area contributed by atoms with Crippen LogP contribution < -0.4 is 5.32 Å². The first-order valence-electron chi connectivity index (χ1n) is 9.19. The number of rotatable bonds is 7. The summed E-state index contributed by atoms with van der Waals surface area (Å²) >= 11 is 0. The SMILES string of the molecule is C=C(CNCC1=C(C)[C@@H](CC)C1)N1CC2(C[C@H]1C(=O)OC)OCCO2. The summed E-state index contributed by atoms with van der Waals surface area (Å²) in [5, 5.41) is 3.46. The zero-order chi connectivity index (χ0) is 18.0. The van der Waals surface area contributed by atoms with Crippen LogP contribution >= 0.6 is 0 Å². The summed E-state index contributed by atoms with van der Waals surface area (Å²) < 4.78 is 16.5. The summed E-state index contributed by atoms with van der Waals surface area (Å²) in [6.07, 6.45) is 2.90. The van der Waals surface area contributed by atoms with Crippen LogP contribution in [0.25, 0.3) is 0 Å². The van der Waals surface area contributed by atoms with Gasteiger partial charge in [-0.1, -0.05) is 24.6 Å². The van der Waals surface area contributed by atoms with E-state index in [1.165, 1.54) is 31.1 Å². The molecule has 1 spiro atoms. The van der Waals surface area contributed by atoms with E-state index in [4.69, 9.17) is 14.2 Å². The van der Waals surface area contributed by atoms with Gasteiger partial charge in [0.25, 0.3) is 0 Å². The van der Waals surface area contributed by atoms with E-state index in [1.807, 2.05) is 4.90 Å². The Morgan fingerprint density at radius 1 is 1.44 bits per heavy atom. The normalized spacial score (nSPS) is 27.7. The van der Waals surface area contributed by atoms with Gasteiger partial charge >= 0.3 is 5.97 Å². The van der Waals surface area contributed by atoms with Gasteiger partial charge in [-0.05, 0) is 25.7 Å². The minimum absolute atomic E-state index is 0.263. The molecule has 2 fully saturated rings. The van der Waals surface area contributed by atoms with Gasteiger partial charge in [-0.15, -0.1) is 0 Å². The van der Waals surface area contributed by atoms with E-state index in [0.29, 0.717) is 32.7 Å². The molecule has 2 saturated heterocycles. The first-order chi connectivity index (χ1) is 12.0. The first kappa shape index (κ1) is 18.4. The predicted molar refractivity (Wildman–Crippen MR) is 94.9 cm³/mol. The zero-order valence-electron chi connectivity index (χ0n) is 15.6. The number of nitrogens with one attached hydrogen (secondary N) is 1. The highest BCUT2D eigenvalue weighted by molar-refractivity contribution is 5.76. The van der Waals surface area contributed by atoms with E-state index in [-0.39, 0.29) is 5.97 Å². The lowest BCUT2D eigenvalue weighted by Crippen LogP contribution is -2.40. The van der Waals surface area contributed by atoms with Gasteiger partial charge < -0.3 is 24.4 Å². The molecule has 0 unspecified atom stereocenters. The molecule has 1 N–H and O–H groups in total. The summed E-state index contributed by atoms with van der Waals surface area (Å²) in [6, 6.07) is -0.397. The van der Waals surface area contributed by atoms with Crippen molar-refractivity contribution in [2.45, 2.75) is 44.9 Å². The Morgan fingerprint density at radius 3 is 2.76 bits per heavy atom. The average molecular weight is 350 g/mol. The quantitative estimate of drug-likeness (QED) is 0.558. The number of hydrogen-bond donors (Lipinski definition) is 1. The number of ether oxygens (including phenoxy) is 3. The summed E-state index contributed by atoms with van der Waals surface area (Å²) in [5.74, 6) is -0.192. The van der Waals surface area contributed by atoms with Crippen molar-refractivity contribution < 1.29 is 19.0 Å². The van der Waals surface area contributed by atoms with Gasteiger partial charge in [0.15, 0.2) is 5.79 Å². The lowest BCUT2D eigenvalue weighted by atomic mass is 9.77. The van der Waals surface area contributed by atoms with Crippen LogP contribution in [0.5, 0.6) is 0 Å². The summed E-state index contributed by atoms with van der Waals surface area (Å²) in [7, 11) is 1.42. The molecular weight excluding hydrogens is 320 g/mol. The van der Waals surface area contributed by atoms with E-state index in [9.17, 15) is 4.79 Å². The third kappa shape index (κ3) is 3.61. The van der Waals surface area contributed by atoms with Crippen LogP contribution in [0.2, 0.25) is 0 Å². The monoisotopic (exact) mass is 350 g/mol. The van der Waals surface area contributed by atoms with Crippen LogP contribution in [0.3, 0.4) is 0 Å². The van der Waals surface area contributed by atoms with Crippen molar-refractivity contribution in [1.29, 1.82) is 0 Å². The largest absolute Gasteiger partial charge is 0.467 e. The molecule has 0 aromatic rings. The average Bonchev–Trinajstić information content (AvgIpc) is 3.23. The number of allylic oxidation sites excluding steroid dienone is 1. The van der Waals surface area contributed by atoms with Gasteiger partial charge in [0.1, 0.15) is 6.04 Å². The third-order valence-electron chi connectivity index (χ3n) is 5.81. The number of methoxy groups -OCH3 is 1. The standard InChI is InChI=1S/C19H30N2O4/c1-5-15-8-16(14(15)3)11-20-10-13(2)21-12-19(24-6-7-25-19)9-17(21)18(22)23-4/h15,17,20H,2,5-12H2,1,3-4H3/t15-,17-/m0/s1. The molecule has 2 atom stereocenters. The van der Waals surface area contributed by atoms with Gasteiger partial charge in [0.05, 0.1) is 26.9 Å². The van der Waals surface area contributed by atoms with Gasteiger partial charge in [-0.25, -0.2) is 4.79 Å². The van der Waals surface area contributed by atoms with E-state index >= 15 is 0 Å². The van der Waals surface area contributed by atoms with Crippen LogP contribution in [0.1, 0.15) is 33.1 Å². The Kier molecular flexibility index (Phi) is 5.51. The molecule has 140 valence electrons. The predicted octanol–water partition coefficient (Wildman–Crippen LogP) is 1.83. The van der Waals surface area contributed by atoms with Gasteiger partial charge in [0.2, 0.25) is 0 Å². The molecule has 0 bridgehead atoms. The summed E-state index contributed by atoms with van der Waals surface area (Å²) in [5.41, 5.74) is 3.90. The van der Waals surface area contributed by atoms with Crippen molar-refractivity contribution in [2.24, 2.45) is 5.92 Å². The molecule has 6 heteroatoms. The fraction of sp³-hybridized carbons (Fsp3) is 0.737. The highest BCUT2D eigenvalue weighted by Crippen LogP contribution is 2.37. The minimum atomic E-state index is -0.691. The van der Waals surface area contributed by atoms with Crippen LogP contribution in [0.4, 0.5) is 0 Å². The van der Waals surface area contributed by atoms with Crippen LogP contribution in [-0.2, 0) is 19.0 Å². The highest BCUT2D eigenvalue weighted by atomic mass is 16.7. The third-order valence-corrected chi connectivity index (χ3v) is 5.81. The van der Waals surface area contributed by atoms with Gasteiger partial charge in [0, 0.05) is 25.2 Å². The summed E-state index contributed by atoms with van der Waals surface area (Å²) in [6.45, 7) is 11.8. The number of esters is 1. The van der Waals surface area contributed by atoms with Crippen LogP contribution in [0.15, 0.2) is 23.4 Å². The molecule has 0 radical (unpaired) electrons. The maximum atomic E-state index is 12.2. The lowest BCUT2D eigenvalue weighted by molar-refractivity contribution is -0.152. The summed E-state index contributed by atoms with van der Waals surface area (Å²) in [4.78, 5) is 14.1. The fourth-order valence-electron chi connectivity index (χ4n) is 4.11. The maximum absolute atomic E-state index is 12.2. The molecule has 2 aliphatic heterocycles. The smallest absolute Gasteiger partial charge is 0.328 e. The second-order valence-electron chi connectivity index (χ2n) is 7.24. The van der Waals surface area contributed by atoms with Gasteiger partial charge in [-0.2, -0.15) is 0 Å². The lowest BCUT2D eigenvalue weighted by Gasteiger charge is -2.32. The molecule has 0 saturated carbocycles. The van der Waals surface area contributed by atoms with E-state index in [1.54, 1.807) is 0 Å². The molecule has 1 aliphatic carbocycles. The first-order valence-corrected chi connectivity index (χ1v) is 9.19. The van der Waals surface area contributed by atoms with Crippen LogP contribution in [0, 0.1) is 5.92 Å². The Bertz CT molecular complexity index is 566. The Hall–Kier alpha value is -1.37. The Labute approximate surface area is 150 Å². The molecule has 6 nitrogen and oxygen atoms in total.